The van der Waals surface area contributed by atoms with Gasteiger partial charge in [0.25, 0.3) is 10.0 Å². The highest BCUT2D eigenvalue weighted by Gasteiger charge is 2.31. The molecule has 4 rings (SSSR count). The van der Waals surface area contributed by atoms with E-state index < -0.39 is 10.0 Å². The van der Waals surface area contributed by atoms with Crippen LogP contribution >= 0.6 is 0 Å². The minimum atomic E-state index is -3.78. The summed E-state index contributed by atoms with van der Waals surface area (Å²) in [6, 6.07) is 12.3. The van der Waals surface area contributed by atoms with Gasteiger partial charge in [-0.15, -0.1) is 0 Å². The first-order chi connectivity index (χ1) is 13.9. The molecule has 0 aliphatic carbocycles. The summed E-state index contributed by atoms with van der Waals surface area (Å²) in [4.78, 5) is 4.49. The van der Waals surface area contributed by atoms with Crippen molar-refractivity contribution in [1.29, 1.82) is 5.26 Å². The third-order valence-electron chi connectivity index (χ3n) is 5.55. The lowest BCUT2D eigenvalue weighted by Gasteiger charge is -2.24. The number of hydrogen-bond donors (Lipinski definition) is 2. The summed E-state index contributed by atoms with van der Waals surface area (Å²) in [5, 5.41) is 17.1. The molecule has 2 N–H and O–H groups in total. The number of aromatic nitrogens is 2. The van der Waals surface area contributed by atoms with Crippen LogP contribution < -0.4 is 10.6 Å². The van der Waals surface area contributed by atoms with Crippen molar-refractivity contribution in [3.05, 3.63) is 54.4 Å². The van der Waals surface area contributed by atoms with Crippen LogP contribution in [0.15, 0.2) is 53.7 Å². The summed E-state index contributed by atoms with van der Waals surface area (Å²) in [7, 11) is -3.78. The summed E-state index contributed by atoms with van der Waals surface area (Å²) < 4.78 is 27.4. The van der Waals surface area contributed by atoms with Crippen LogP contribution in [0.2, 0.25) is 0 Å². The molecule has 2 unspecified atom stereocenters. The molecule has 1 aliphatic heterocycles. The molecule has 7 nitrogen and oxygen atoms in total. The molecule has 3 heterocycles. The quantitative estimate of drug-likeness (QED) is 0.672. The van der Waals surface area contributed by atoms with Crippen molar-refractivity contribution in [1.82, 2.24) is 14.3 Å². The Bertz CT molecular complexity index is 1180. The van der Waals surface area contributed by atoms with Gasteiger partial charge in [-0.1, -0.05) is 32.0 Å². The summed E-state index contributed by atoms with van der Waals surface area (Å²) in [5.41, 5.74) is 1.35. The molecule has 0 bridgehead atoms. The average Bonchev–Trinajstić information content (AvgIpc) is 3.36. The molecule has 3 aromatic rings. The van der Waals surface area contributed by atoms with Crippen molar-refractivity contribution in [2.24, 2.45) is 11.8 Å². The van der Waals surface area contributed by atoms with Gasteiger partial charge in [0.1, 0.15) is 6.07 Å². The zero-order chi connectivity index (χ0) is 20.6. The van der Waals surface area contributed by atoms with E-state index in [1.165, 1.54) is 16.4 Å². The Morgan fingerprint density at radius 1 is 1.24 bits per heavy atom. The predicted molar refractivity (Wildman–Crippen MR) is 112 cm³/mol. The van der Waals surface area contributed by atoms with Gasteiger partial charge in [0.15, 0.2) is 5.65 Å². The Morgan fingerprint density at radius 2 is 2.00 bits per heavy atom. The Kier molecular flexibility index (Phi) is 5.03. The van der Waals surface area contributed by atoms with Crippen LogP contribution in [0.3, 0.4) is 0 Å². The van der Waals surface area contributed by atoms with Gasteiger partial charge in [-0.25, -0.2) is 17.4 Å². The molecule has 0 amide bonds. The highest BCUT2D eigenvalue weighted by Crippen LogP contribution is 2.31. The van der Waals surface area contributed by atoms with Crippen molar-refractivity contribution in [2.75, 3.05) is 18.4 Å². The molecule has 150 valence electrons. The largest absolute Gasteiger partial charge is 0.379 e. The van der Waals surface area contributed by atoms with E-state index in [9.17, 15) is 13.7 Å². The van der Waals surface area contributed by atoms with Crippen LogP contribution in [-0.2, 0) is 10.0 Å². The molecule has 0 radical (unpaired) electrons. The van der Waals surface area contributed by atoms with E-state index in [0.717, 1.165) is 13.1 Å². The van der Waals surface area contributed by atoms with Gasteiger partial charge in [-0.2, -0.15) is 5.26 Å². The Balaban J connectivity index is 1.81. The molecule has 1 fully saturated rings. The SMILES string of the molecule is CC(C)C1CNCC1Nc1c(C#N)cnc2c1ccn2S(=O)(=O)c1ccccc1. The van der Waals surface area contributed by atoms with E-state index in [0.29, 0.717) is 34.1 Å². The van der Waals surface area contributed by atoms with Crippen LogP contribution in [-0.4, -0.2) is 36.5 Å². The number of nitriles is 1. The van der Waals surface area contributed by atoms with E-state index >= 15 is 0 Å². The smallest absolute Gasteiger partial charge is 0.269 e. The number of anilines is 1. The lowest BCUT2D eigenvalue weighted by molar-refractivity contribution is 0.395. The number of rotatable bonds is 5. The van der Waals surface area contributed by atoms with Gasteiger partial charge in [0.05, 0.1) is 16.1 Å². The average molecular weight is 410 g/mol. The second-order valence-electron chi connectivity index (χ2n) is 7.64. The molecule has 1 saturated heterocycles. The molecular weight excluding hydrogens is 386 g/mol. The molecule has 0 spiro atoms. The number of pyridine rings is 1. The first kappa shape index (κ1) is 19.4. The summed E-state index contributed by atoms with van der Waals surface area (Å²) in [6.07, 6.45) is 2.94. The number of hydrogen-bond acceptors (Lipinski definition) is 6. The van der Waals surface area contributed by atoms with Crippen LogP contribution in [0.4, 0.5) is 5.69 Å². The second kappa shape index (κ2) is 7.50. The molecule has 2 aromatic heterocycles. The van der Waals surface area contributed by atoms with Gasteiger partial charge in [-0.05, 0) is 30.0 Å². The fourth-order valence-corrected chi connectivity index (χ4v) is 5.27. The first-order valence-electron chi connectivity index (χ1n) is 9.61. The van der Waals surface area contributed by atoms with Gasteiger partial charge in [-0.3, -0.25) is 0 Å². The van der Waals surface area contributed by atoms with E-state index in [1.54, 1.807) is 36.4 Å². The van der Waals surface area contributed by atoms with Crippen molar-refractivity contribution in [3.63, 3.8) is 0 Å². The van der Waals surface area contributed by atoms with Gasteiger partial charge in [0.2, 0.25) is 0 Å². The molecule has 29 heavy (non-hydrogen) atoms. The maximum Gasteiger partial charge on any atom is 0.269 e. The number of nitrogens with one attached hydrogen (secondary N) is 2. The van der Waals surface area contributed by atoms with Crippen molar-refractivity contribution in [2.45, 2.75) is 24.8 Å². The van der Waals surface area contributed by atoms with E-state index in [4.69, 9.17) is 0 Å². The summed E-state index contributed by atoms with van der Waals surface area (Å²) in [5.74, 6) is 0.897. The van der Waals surface area contributed by atoms with E-state index in [-0.39, 0.29) is 10.9 Å². The Morgan fingerprint density at radius 3 is 2.69 bits per heavy atom. The third-order valence-corrected chi connectivity index (χ3v) is 7.23. The van der Waals surface area contributed by atoms with Gasteiger partial charge in [0, 0.05) is 36.9 Å². The number of benzene rings is 1. The number of nitrogens with zero attached hydrogens (tertiary/aromatic N) is 3. The van der Waals surface area contributed by atoms with Crippen LogP contribution in [0.5, 0.6) is 0 Å². The zero-order valence-corrected chi connectivity index (χ0v) is 17.1. The number of fused-ring (bicyclic) bond motifs is 1. The maximum absolute atomic E-state index is 13.1. The molecule has 2 atom stereocenters. The van der Waals surface area contributed by atoms with Gasteiger partial charge < -0.3 is 10.6 Å². The monoisotopic (exact) mass is 409 g/mol. The van der Waals surface area contributed by atoms with Crippen molar-refractivity contribution in [3.8, 4) is 6.07 Å². The van der Waals surface area contributed by atoms with Crippen LogP contribution in [0, 0.1) is 23.2 Å². The van der Waals surface area contributed by atoms with Crippen molar-refractivity contribution < 1.29 is 8.42 Å². The molecule has 1 aromatic carbocycles. The van der Waals surface area contributed by atoms with Crippen LogP contribution in [0.1, 0.15) is 19.4 Å². The van der Waals surface area contributed by atoms with Crippen LogP contribution in [0.25, 0.3) is 11.0 Å². The van der Waals surface area contributed by atoms with Gasteiger partial charge >= 0.3 is 0 Å². The van der Waals surface area contributed by atoms with Crippen molar-refractivity contribution >= 4 is 26.7 Å². The molecule has 1 aliphatic rings. The predicted octanol–water partition coefficient (Wildman–Crippen LogP) is 2.80. The Labute approximate surface area is 170 Å². The first-order valence-corrected chi connectivity index (χ1v) is 11.1. The maximum atomic E-state index is 13.1. The topological polar surface area (TPSA) is 99.8 Å². The standard InChI is InChI=1S/C21H23N5O2S/c1-14(2)18-12-23-13-19(18)25-20-15(10-22)11-24-21-17(20)8-9-26(21)29(27,28)16-6-4-3-5-7-16/h3-9,11,14,18-19,23H,12-13H2,1-2H3,(H,24,25). The lowest BCUT2D eigenvalue weighted by atomic mass is 9.91. The zero-order valence-electron chi connectivity index (χ0n) is 16.3. The summed E-state index contributed by atoms with van der Waals surface area (Å²) >= 11 is 0. The van der Waals surface area contributed by atoms with E-state index in [1.807, 2.05) is 0 Å². The minimum Gasteiger partial charge on any atom is -0.379 e. The minimum absolute atomic E-state index is 0.154. The highest BCUT2D eigenvalue weighted by atomic mass is 32.2. The molecular formula is C21H23N5O2S. The normalized spacial score (nSPS) is 19.5. The van der Waals surface area contributed by atoms with E-state index in [2.05, 4.69) is 35.5 Å². The lowest BCUT2D eigenvalue weighted by Crippen LogP contribution is -2.31. The summed E-state index contributed by atoms with van der Waals surface area (Å²) in [6.45, 7) is 6.07. The highest BCUT2D eigenvalue weighted by molar-refractivity contribution is 7.90. The Hall–Kier alpha value is -2.89. The third kappa shape index (κ3) is 3.37. The fourth-order valence-electron chi connectivity index (χ4n) is 3.95. The molecule has 8 heteroatoms. The second-order valence-corrected chi connectivity index (χ2v) is 9.46. The fraction of sp³-hybridized carbons (Fsp3) is 0.333. The molecule has 0 saturated carbocycles.